The van der Waals surface area contributed by atoms with E-state index in [9.17, 15) is 4.79 Å². The predicted molar refractivity (Wildman–Crippen MR) is 76.5 cm³/mol. The topological polar surface area (TPSA) is 57.8 Å². The zero-order valence-electron chi connectivity index (χ0n) is 11.7. The summed E-state index contributed by atoms with van der Waals surface area (Å²) in [5, 5.41) is 9.82. The minimum atomic E-state index is -0.131. The third kappa shape index (κ3) is 3.22. The lowest BCUT2D eigenvalue weighted by molar-refractivity contribution is 0.102. The highest BCUT2D eigenvalue weighted by molar-refractivity contribution is 6.04. The minimum Gasteiger partial charge on any atom is -0.305 e. The van der Waals surface area contributed by atoms with Gasteiger partial charge in [-0.05, 0) is 31.9 Å². The van der Waals surface area contributed by atoms with Gasteiger partial charge in [0.1, 0.15) is 0 Å². The number of amides is 1. The Morgan fingerprint density at radius 2 is 1.79 bits per heavy atom. The third-order valence-corrected chi connectivity index (χ3v) is 2.95. The van der Waals surface area contributed by atoms with Gasteiger partial charge >= 0.3 is 0 Å². The molecule has 0 unspecified atom stereocenters. The highest BCUT2D eigenvalue weighted by atomic mass is 16.1. The first kappa shape index (κ1) is 13.3. The molecule has 1 heterocycles. The predicted octanol–water partition coefficient (Wildman–Crippen LogP) is 3.40. The first-order valence-electron chi connectivity index (χ1n) is 6.40. The number of aromatic nitrogens is 2. The molecular formula is C15H19N3O. The number of anilines is 1. The Morgan fingerprint density at radius 1 is 1.16 bits per heavy atom. The Balaban J connectivity index is 2.15. The van der Waals surface area contributed by atoms with Crippen LogP contribution in [0.1, 0.15) is 46.9 Å². The highest BCUT2D eigenvalue weighted by Gasteiger charge is 2.10. The van der Waals surface area contributed by atoms with Crippen LogP contribution in [-0.2, 0) is 0 Å². The summed E-state index contributed by atoms with van der Waals surface area (Å²) in [5.74, 6) is 0.792. The van der Waals surface area contributed by atoms with Crippen molar-refractivity contribution in [3.8, 4) is 0 Å². The number of aryl methyl sites for hydroxylation is 2. The molecule has 4 heteroatoms. The number of hydrogen-bond donors (Lipinski definition) is 2. The standard InChI is InChI=1S/C15H19N3O/c1-9(2)13-8-14(18-17-13)16-15(19)12-6-10(3)5-11(4)7-12/h5-9H,1-4H3,(H2,16,17,18,19). The lowest BCUT2D eigenvalue weighted by atomic mass is 10.1. The molecule has 2 rings (SSSR count). The Morgan fingerprint density at radius 3 is 2.32 bits per heavy atom. The molecule has 1 amide bonds. The molecule has 100 valence electrons. The van der Waals surface area contributed by atoms with Crippen molar-refractivity contribution in [2.75, 3.05) is 5.32 Å². The molecule has 19 heavy (non-hydrogen) atoms. The van der Waals surface area contributed by atoms with Crippen LogP contribution in [0.25, 0.3) is 0 Å². The molecule has 0 aliphatic rings. The summed E-state index contributed by atoms with van der Waals surface area (Å²) < 4.78 is 0. The van der Waals surface area contributed by atoms with Gasteiger partial charge in [0.15, 0.2) is 5.82 Å². The zero-order valence-corrected chi connectivity index (χ0v) is 11.7. The molecule has 0 bridgehead atoms. The number of carbonyl (C=O) groups excluding carboxylic acids is 1. The van der Waals surface area contributed by atoms with Gasteiger partial charge in [-0.1, -0.05) is 31.0 Å². The molecule has 1 aromatic carbocycles. The number of H-pyrrole nitrogens is 1. The van der Waals surface area contributed by atoms with E-state index in [1.54, 1.807) is 0 Å². The number of nitrogens with one attached hydrogen (secondary N) is 2. The first-order chi connectivity index (χ1) is 8.95. The fourth-order valence-electron chi connectivity index (χ4n) is 1.99. The zero-order chi connectivity index (χ0) is 14.0. The average Bonchev–Trinajstić information content (AvgIpc) is 2.76. The summed E-state index contributed by atoms with van der Waals surface area (Å²) in [6.45, 7) is 8.11. The van der Waals surface area contributed by atoms with Crippen molar-refractivity contribution in [3.63, 3.8) is 0 Å². The van der Waals surface area contributed by atoms with E-state index in [0.29, 0.717) is 17.3 Å². The van der Waals surface area contributed by atoms with Crippen LogP contribution in [0.2, 0.25) is 0 Å². The van der Waals surface area contributed by atoms with Crippen molar-refractivity contribution in [3.05, 3.63) is 46.6 Å². The minimum absolute atomic E-state index is 0.131. The number of carbonyl (C=O) groups is 1. The van der Waals surface area contributed by atoms with Crippen LogP contribution in [0.3, 0.4) is 0 Å². The number of hydrogen-bond acceptors (Lipinski definition) is 2. The Kier molecular flexibility index (Phi) is 3.69. The molecule has 0 fully saturated rings. The molecular weight excluding hydrogens is 238 g/mol. The molecule has 0 aliphatic carbocycles. The van der Waals surface area contributed by atoms with Gasteiger partial charge < -0.3 is 5.32 Å². The summed E-state index contributed by atoms with van der Waals surface area (Å²) in [6, 6.07) is 7.66. The molecule has 2 N–H and O–H groups in total. The van der Waals surface area contributed by atoms with Gasteiger partial charge in [-0.3, -0.25) is 9.89 Å². The quantitative estimate of drug-likeness (QED) is 0.885. The van der Waals surface area contributed by atoms with Gasteiger partial charge in [0, 0.05) is 17.3 Å². The van der Waals surface area contributed by atoms with Gasteiger partial charge in [0.2, 0.25) is 0 Å². The van der Waals surface area contributed by atoms with E-state index in [0.717, 1.165) is 16.8 Å². The number of nitrogens with zero attached hydrogens (tertiary/aromatic N) is 1. The van der Waals surface area contributed by atoms with E-state index < -0.39 is 0 Å². The molecule has 0 spiro atoms. The lowest BCUT2D eigenvalue weighted by Gasteiger charge is -2.04. The van der Waals surface area contributed by atoms with Gasteiger partial charge in [0.05, 0.1) is 0 Å². The summed E-state index contributed by atoms with van der Waals surface area (Å²) in [7, 11) is 0. The molecule has 0 saturated heterocycles. The summed E-state index contributed by atoms with van der Waals surface area (Å²) in [5.41, 5.74) is 3.83. The number of benzene rings is 1. The summed E-state index contributed by atoms with van der Waals surface area (Å²) in [4.78, 5) is 12.1. The van der Waals surface area contributed by atoms with E-state index in [1.807, 2.05) is 38.1 Å². The SMILES string of the molecule is Cc1cc(C)cc(C(=O)Nc2cc(C(C)C)[nH]n2)c1. The Bertz CT molecular complexity index is 579. The maximum Gasteiger partial charge on any atom is 0.256 e. The molecule has 0 aliphatic heterocycles. The molecule has 0 atom stereocenters. The Hall–Kier alpha value is -2.10. The molecule has 2 aromatic rings. The average molecular weight is 257 g/mol. The molecule has 0 radical (unpaired) electrons. The number of aromatic amines is 1. The van der Waals surface area contributed by atoms with E-state index in [2.05, 4.69) is 29.4 Å². The van der Waals surface area contributed by atoms with Crippen LogP contribution in [-0.4, -0.2) is 16.1 Å². The van der Waals surface area contributed by atoms with E-state index in [4.69, 9.17) is 0 Å². The van der Waals surface area contributed by atoms with Crippen molar-refractivity contribution in [1.82, 2.24) is 10.2 Å². The second-order valence-corrected chi connectivity index (χ2v) is 5.19. The van der Waals surface area contributed by atoms with Crippen molar-refractivity contribution < 1.29 is 4.79 Å². The largest absolute Gasteiger partial charge is 0.305 e. The van der Waals surface area contributed by atoms with E-state index >= 15 is 0 Å². The normalized spacial score (nSPS) is 10.8. The van der Waals surface area contributed by atoms with Crippen LogP contribution < -0.4 is 5.32 Å². The second-order valence-electron chi connectivity index (χ2n) is 5.19. The maximum absolute atomic E-state index is 12.1. The van der Waals surface area contributed by atoms with Gasteiger partial charge in [-0.15, -0.1) is 0 Å². The van der Waals surface area contributed by atoms with Crippen LogP contribution in [0, 0.1) is 13.8 Å². The van der Waals surface area contributed by atoms with Crippen LogP contribution in [0.5, 0.6) is 0 Å². The Labute approximate surface area is 113 Å². The van der Waals surface area contributed by atoms with Crippen molar-refractivity contribution >= 4 is 11.7 Å². The van der Waals surface area contributed by atoms with Crippen molar-refractivity contribution in [1.29, 1.82) is 0 Å². The van der Waals surface area contributed by atoms with Crippen LogP contribution >= 0.6 is 0 Å². The summed E-state index contributed by atoms with van der Waals surface area (Å²) in [6.07, 6.45) is 0. The fourth-order valence-corrected chi connectivity index (χ4v) is 1.99. The molecule has 4 nitrogen and oxygen atoms in total. The van der Waals surface area contributed by atoms with Gasteiger partial charge in [-0.2, -0.15) is 5.10 Å². The third-order valence-electron chi connectivity index (χ3n) is 2.95. The van der Waals surface area contributed by atoms with E-state index in [-0.39, 0.29) is 5.91 Å². The lowest BCUT2D eigenvalue weighted by Crippen LogP contribution is -2.12. The van der Waals surface area contributed by atoms with Gasteiger partial charge in [0.25, 0.3) is 5.91 Å². The first-order valence-corrected chi connectivity index (χ1v) is 6.40. The molecule has 0 saturated carbocycles. The second kappa shape index (κ2) is 5.26. The fraction of sp³-hybridized carbons (Fsp3) is 0.333. The highest BCUT2D eigenvalue weighted by Crippen LogP contribution is 2.16. The monoisotopic (exact) mass is 257 g/mol. The maximum atomic E-state index is 12.1. The van der Waals surface area contributed by atoms with Crippen LogP contribution in [0.4, 0.5) is 5.82 Å². The van der Waals surface area contributed by atoms with E-state index in [1.165, 1.54) is 0 Å². The van der Waals surface area contributed by atoms with Crippen molar-refractivity contribution in [2.24, 2.45) is 0 Å². The van der Waals surface area contributed by atoms with Crippen LogP contribution in [0.15, 0.2) is 24.3 Å². The molecule has 1 aromatic heterocycles. The van der Waals surface area contributed by atoms with Gasteiger partial charge in [-0.25, -0.2) is 0 Å². The van der Waals surface area contributed by atoms with Crippen molar-refractivity contribution in [2.45, 2.75) is 33.6 Å². The smallest absolute Gasteiger partial charge is 0.256 e. The summed E-state index contributed by atoms with van der Waals surface area (Å²) >= 11 is 0. The number of rotatable bonds is 3.